The van der Waals surface area contributed by atoms with E-state index in [1.165, 1.54) is 31.1 Å². The number of carbonyl (C=O) groups is 1. The van der Waals surface area contributed by atoms with Crippen molar-refractivity contribution in [1.29, 1.82) is 0 Å². The Balaban J connectivity index is 1.98. The van der Waals surface area contributed by atoms with Gasteiger partial charge in [-0.3, -0.25) is 4.79 Å². The number of hydrogen-bond donors (Lipinski definition) is 1. The van der Waals surface area contributed by atoms with E-state index in [0.29, 0.717) is 12.6 Å². The van der Waals surface area contributed by atoms with E-state index in [-0.39, 0.29) is 12.4 Å². The molecule has 1 aliphatic rings. The van der Waals surface area contributed by atoms with Crippen LogP contribution in [-0.2, 0) is 16.0 Å². The Labute approximate surface area is 114 Å². The van der Waals surface area contributed by atoms with E-state index in [1.807, 2.05) is 13.1 Å². The molecule has 0 bridgehead atoms. The van der Waals surface area contributed by atoms with Crippen LogP contribution < -0.4 is 10.1 Å². The van der Waals surface area contributed by atoms with Crippen LogP contribution in [0.15, 0.2) is 18.2 Å². The number of benzene rings is 1. The predicted octanol–water partition coefficient (Wildman–Crippen LogP) is 2.23. The van der Waals surface area contributed by atoms with Crippen LogP contribution in [0.2, 0.25) is 0 Å². The lowest BCUT2D eigenvalue weighted by atomic mass is 9.87. The molecule has 0 spiro atoms. The van der Waals surface area contributed by atoms with E-state index < -0.39 is 0 Å². The first-order valence-corrected chi connectivity index (χ1v) is 6.74. The molecule has 0 saturated heterocycles. The number of rotatable bonds is 5. The molecular weight excluding hydrogens is 242 g/mol. The summed E-state index contributed by atoms with van der Waals surface area (Å²) in [6.07, 6.45) is 3.77. The van der Waals surface area contributed by atoms with Gasteiger partial charge in [0.2, 0.25) is 0 Å². The molecule has 0 saturated carbocycles. The number of nitrogens with one attached hydrogen (secondary N) is 1. The number of hydrogen-bond acceptors (Lipinski definition) is 4. The average Bonchev–Trinajstić information content (AvgIpc) is 2.46. The third-order valence-electron chi connectivity index (χ3n) is 3.58. The van der Waals surface area contributed by atoms with Gasteiger partial charge in [-0.05, 0) is 49.6 Å². The second-order valence-corrected chi connectivity index (χ2v) is 4.77. The van der Waals surface area contributed by atoms with Gasteiger partial charge in [-0.1, -0.05) is 6.07 Å². The van der Waals surface area contributed by atoms with E-state index >= 15 is 0 Å². The van der Waals surface area contributed by atoms with Crippen LogP contribution in [0, 0.1) is 0 Å². The first kappa shape index (κ1) is 13.9. The van der Waals surface area contributed by atoms with Crippen molar-refractivity contribution in [3.63, 3.8) is 0 Å². The highest BCUT2D eigenvalue weighted by molar-refractivity contribution is 5.69. The van der Waals surface area contributed by atoms with Gasteiger partial charge in [0.15, 0.2) is 0 Å². The summed E-state index contributed by atoms with van der Waals surface area (Å²) in [5.41, 5.74) is 2.72. The van der Waals surface area contributed by atoms with Crippen LogP contribution in [0.5, 0.6) is 5.75 Å². The first-order valence-electron chi connectivity index (χ1n) is 6.74. The molecule has 0 amide bonds. The number of carbonyl (C=O) groups excluding carboxylic acids is 1. The van der Waals surface area contributed by atoms with Gasteiger partial charge in [-0.25, -0.2) is 0 Å². The molecule has 0 aliphatic heterocycles. The minimum Gasteiger partial charge on any atom is -0.493 e. The van der Waals surface area contributed by atoms with Crippen LogP contribution in [0.3, 0.4) is 0 Å². The van der Waals surface area contributed by atoms with Gasteiger partial charge in [0, 0.05) is 6.04 Å². The Kier molecular flexibility index (Phi) is 4.80. The molecule has 0 radical (unpaired) electrons. The van der Waals surface area contributed by atoms with Crippen molar-refractivity contribution < 1.29 is 14.3 Å². The summed E-state index contributed by atoms with van der Waals surface area (Å²) in [5.74, 6) is 0.590. The van der Waals surface area contributed by atoms with Crippen LogP contribution in [0.1, 0.15) is 36.4 Å². The van der Waals surface area contributed by atoms with Gasteiger partial charge < -0.3 is 14.8 Å². The first-order chi connectivity index (χ1) is 9.24. The lowest BCUT2D eigenvalue weighted by Gasteiger charge is -2.25. The molecule has 4 heteroatoms. The van der Waals surface area contributed by atoms with Gasteiger partial charge in [-0.2, -0.15) is 0 Å². The minimum absolute atomic E-state index is 0.242. The van der Waals surface area contributed by atoms with Crippen molar-refractivity contribution in [2.75, 3.05) is 20.8 Å². The molecule has 1 atom stereocenters. The highest BCUT2D eigenvalue weighted by atomic mass is 16.5. The van der Waals surface area contributed by atoms with Crippen LogP contribution in [-0.4, -0.2) is 26.7 Å². The summed E-state index contributed by atoms with van der Waals surface area (Å²) >= 11 is 0. The van der Waals surface area contributed by atoms with Crippen LogP contribution in [0.4, 0.5) is 0 Å². The molecule has 2 rings (SSSR count). The van der Waals surface area contributed by atoms with E-state index in [1.54, 1.807) is 0 Å². The second-order valence-electron chi connectivity index (χ2n) is 4.77. The van der Waals surface area contributed by atoms with Crippen molar-refractivity contribution in [2.45, 2.75) is 31.7 Å². The normalized spacial score (nSPS) is 17.7. The average molecular weight is 263 g/mol. The van der Waals surface area contributed by atoms with Gasteiger partial charge in [0.25, 0.3) is 0 Å². The van der Waals surface area contributed by atoms with Gasteiger partial charge >= 0.3 is 5.97 Å². The zero-order valence-corrected chi connectivity index (χ0v) is 11.6. The topological polar surface area (TPSA) is 47.6 Å². The molecule has 104 valence electrons. The smallest absolute Gasteiger partial charge is 0.308 e. The number of aryl methyl sites for hydroxylation is 1. The predicted molar refractivity (Wildman–Crippen MR) is 73.3 cm³/mol. The molecule has 1 N–H and O–H groups in total. The highest BCUT2D eigenvalue weighted by Gasteiger charge is 2.18. The van der Waals surface area contributed by atoms with E-state index in [9.17, 15) is 4.79 Å². The molecule has 4 nitrogen and oxygen atoms in total. The third-order valence-corrected chi connectivity index (χ3v) is 3.58. The molecule has 0 fully saturated rings. The van der Waals surface area contributed by atoms with Crippen molar-refractivity contribution in [3.05, 3.63) is 29.3 Å². The van der Waals surface area contributed by atoms with Crippen LogP contribution in [0.25, 0.3) is 0 Å². The molecule has 1 aliphatic carbocycles. The monoisotopic (exact) mass is 263 g/mol. The number of ether oxygens (including phenoxy) is 2. The molecular formula is C15H21NO3. The molecule has 1 aromatic carbocycles. The Morgan fingerprint density at radius 3 is 3.05 bits per heavy atom. The lowest BCUT2D eigenvalue weighted by Crippen LogP contribution is -2.21. The van der Waals surface area contributed by atoms with Gasteiger partial charge in [0.1, 0.15) is 5.75 Å². The fourth-order valence-corrected chi connectivity index (χ4v) is 2.53. The summed E-state index contributed by atoms with van der Waals surface area (Å²) in [7, 11) is 3.39. The van der Waals surface area contributed by atoms with Gasteiger partial charge in [0.05, 0.1) is 20.1 Å². The maximum atomic E-state index is 11.0. The summed E-state index contributed by atoms with van der Waals surface area (Å²) in [5, 5.41) is 3.34. The molecule has 19 heavy (non-hydrogen) atoms. The largest absolute Gasteiger partial charge is 0.493 e. The Morgan fingerprint density at radius 2 is 2.32 bits per heavy atom. The Hall–Kier alpha value is -1.55. The number of esters is 1. The van der Waals surface area contributed by atoms with Gasteiger partial charge in [-0.15, -0.1) is 0 Å². The fraction of sp³-hybridized carbons (Fsp3) is 0.533. The molecule has 1 aromatic rings. The maximum absolute atomic E-state index is 11.0. The molecule has 1 unspecified atom stereocenters. The van der Waals surface area contributed by atoms with Crippen molar-refractivity contribution in [3.8, 4) is 5.75 Å². The third kappa shape index (κ3) is 3.47. The van der Waals surface area contributed by atoms with Crippen LogP contribution >= 0.6 is 0 Å². The molecule has 0 aromatic heterocycles. The number of fused-ring (bicyclic) bond motifs is 1. The summed E-state index contributed by atoms with van der Waals surface area (Å²) in [4.78, 5) is 11.0. The Morgan fingerprint density at radius 1 is 1.47 bits per heavy atom. The van der Waals surface area contributed by atoms with E-state index in [2.05, 4.69) is 22.2 Å². The summed E-state index contributed by atoms with van der Waals surface area (Å²) < 4.78 is 10.2. The van der Waals surface area contributed by atoms with Crippen molar-refractivity contribution in [1.82, 2.24) is 5.32 Å². The minimum atomic E-state index is -0.242. The van der Waals surface area contributed by atoms with E-state index in [4.69, 9.17) is 4.74 Å². The summed E-state index contributed by atoms with van der Waals surface area (Å²) in [6, 6.07) is 6.65. The number of methoxy groups -OCH3 is 1. The highest BCUT2D eigenvalue weighted by Crippen LogP contribution is 2.31. The maximum Gasteiger partial charge on any atom is 0.308 e. The summed E-state index contributed by atoms with van der Waals surface area (Å²) in [6.45, 7) is 0.362. The second kappa shape index (κ2) is 6.57. The quantitative estimate of drug-likeness (QED) is 0.828. The Bertz CT molecular complexity index is 445. The lowest BCUT2D eigenvalue weighted by molar-refractivity contribution is -0.141. The SMILES string of the molecule is CNC1CCCc2cc(OCCC(=O)OC)ccc21. The van der Waals surface area contributed by atoms with Crippen molar-refractivity contribution >= 4 is 5.97 Å². The molecule has 0 heterocycles. The zero-order chi connectivity index (χ0) is 13.7. The van der Waals surface area contributed by atoms with E-state index in [0.717, 1.165) is 12.2 Å². The zero-order valence-electron chi connectivity index (χ0n) is 11.6. The fourth-order valence-electron chi connectivity index (χ4n) is 2.53. The standard InChI is InChI=1S/C15H21NO3/c1-16-14-5-3-4-11-10-12(6-7-13(11)14)19-9-8-15(17)18-2/h6-7,10,14,16H,3-5,8-9H2,1-2H3. The van der Waals surface area contributed by atoms with Crippen molar-refractivity contribution in [2.24, 2.45) is 0 Å².